The van der Waals surface area contributed by atoms with E-state index < -0.39 is 0 Å². The highest BCUT2D eigenvalue weighted by atomic mass is 32.1. The van der Waals surface area contributed by atoms with Crippen molar-refractivity contribution in [3.8, 4) is 11.8 Å². The monoisotopic (exact) mass is 263 g/mol. The summed E-state index contributed by atoms with van der Waals surface area (Å²) in [6, 6.07) is 7.48. The number of benzene rings is 1. The predicted molar refractivity (Wildman–Crippen MR) is 75.4 cm³/mol. The molecule has 1 atom stereocenters. The lowest BCUT2D eigenvalue weighted by Crippen LogP contribution is -2.33. The zero-order valence-electron chi connectivity index (χ0n) is 10.8. The first-order valence-corrected chi connectivity index (χ1v) is 6.21. The Morgan fingerprint density at radius 3 is 2.83 bits per heavy atom. The first kappa shape index (κ1) is 14.4. The summed E-state index contributed by atoms with van der Waals surface area (Å²) >= 11 is 5.16. The molecule has 0 fully saturated rings. The van der Waals surface area contributed by atoms with Crippen molar-refractivity contribution in [3.63, 3.8) is 0 Å². The number of nitrogens with one attached hydrogen (secondary N) is 2. The largest absolute Gasteiger partial charge is 0.489 e. The second-order valence-corrected chi connectivity index (χ2v) is 4.27. The van der Waals surface area contributed by atoms with Crippen molar-refractivity contribution in [1.29, 1.82) is 5.26 Å². The molecule has 0 aromatic heterocycles. The molecule has 18 heavy (non-hydrogen) atoms. The summed E-state index contributed by atoms with van der Waals surface area (Å²) in [6.07, 6.45) is 0.983. The fraction of sp³-hybridized carbons (Fsp3) is 0.385. The summed E-state index contributed by atoms with van der Waals surface area (Å²) in [7, 11) is 1.73. The highest BCUT2D eigenvalue weighted by Gasteiger charge is 2.09. The number of hydrogen-bond acceptors (Lipinski definition) is 4. The van der Waals surface area contributed by atoms with Crippen LogP contribution < -0.4 is 15.6 Å². The molecule has 4 nitrogen and oxygen atoms in total. The van der Waals surface area contributed by atoms with Crippen LogP contribution in [-0.4, -0.2) is 18.1 Å². The molecule has 0 amide bonds. The standard InChI is InChI=1S/C13H17N3OS/c1-4-9(2)17-12-6-5-10(7-11(12)8-14)13(18)16-15-3/h5-7,9,15H,4H2,1-3H3,(H,16,18). The molecular formula is C13H17N3OS. The van der Waals surface area contributed by atoms with Crippen molar-refractivity contribution in [2.45, 2.75) is 26.4 Å². The molecule has 0 aliphatic carbocycles. The van der Waals surface area contributed by atoms with E-state index >= 15 is 0 Å². The van der Waals surface area contributed by atoms with Gasteiger partial charge in [-0.15, -0.1) is 0 Å². The molecular weight excluding hydrogens is 246 g/mol. The number of hydrazine groups is 1. The molecule has 96 valence electrons. The molecule has 1 unspecified atom stereocenters. The first-order chi connectivity index (χ1) is 8.62. The Morgan fingerprint density at radius 2 is 2.28 bits per heavy atom. The maximum absolute atomic E-state index is 9.13. The minimum absolute atomic E-state index is 0.0883. The van der Waals surface area contributed by atoms with Crippen LogP contribution in [0.2, 0.25) is 0 Å². The second-order valence-electron chi connectivity index (χ2n) is 3.86. The van der Waals surface area contributed by atoms with Gasteiger partial charge in [0.05, 0.1) is 11.7 Å². The number of rotatable bonds is 5. The fourth-order valence-electron chi connectivity index (χ4n) is 1.35. The van der Waals surface area contributed by atoms with Gasteiger partial charge >= 0.3 is 0 Å². The quantitative estimate of drug-likeness (QED) is 0.629. The third-order valence-electron chi connectivity index (χ3n) is 2.50. The van der Waals surface area contributed by atoms with Crippen LogP contribution in [0.3, 0.4) is 0 Å². The van der Waals surface area contributed by atoms with Crippen molar-refractivity contribution in [2.75, 3.05) is 7.05 Å². The van der Waals surface area contributed by atoms with Crippen LogP contribution in [0.1, 0.15) is 31.4 Å². The molecule has 0 saturated carbocycles. The maximum atomic E-state index is 9.13. The summed E-state index contributed by atoms with van der Waals surface area (Å²) in [5, 5.41) is 9.13. The van der Waals surface area contributed by atoms with Crippen LogP contribution in [0.25, 0.3) is 0 Å². The Kier molecular flexibility index (Phi) is 5.56. The summed E-state index contributed by atoms with van der Waals surface area (Å²) in [5.41, 5.74) is 6.85. The van der Waals surface area contributed by atoms with Crippen molar-refractivity contribution in [3.05, 3.63) is 29.3 Å². The normalized spacial score (nSPS) is 11.4. The zero-order valence-corrected chi connectivity index (χ0v) is 11.6. The van der Waals surface area contributed by atoms with E-state index in [1.54, 1.807) is 19.2 Å². The lowest BCUT2D eigenvalue weighted by molar-refractivity contribution is 0.217. The van der Waals surface area contributed by atoms with E-state index in [4.69, 9.17) is 22.2 Å². The second kappa shape index (κ2) is 6.94. The number of ether oxygens (including phenoxy) is 1. The van der Waals surface area contributed by atoms with Gasteiger partial charge in [0, 0.05) is 12.6 Å². The molecule has 1 rings (SSSR count). The Hall–Kier alpha value is -1.64. The van der Waals surface area contributed by atoms with Crippen molar-refractivity contribution >= 4 is 17.2 Å². The van der Waals surface area contributed by atoms with E-state index in [1.807, 2.05) is 19.9 Å². The van der Waals surface area contributed by atoms with Gasteiger partial charge < -0.3 is 10.2 Å². The van der Waals surface area contributed by atoms with Gasteiger partial charge in [0.1, 0.15) is 16.8 Å². The number of thiocarbonyl (C=S) groups is 1. The molecule has 0 saturated heterocycles. The molecule has 5 heteroatoms. The predicted octanol–water partition coefficient (Wildman–Crippen LogP) is 2.14. The Balaban J connectivity index is 2.97. The van der Waals surface area contributed by atoms with Gasteiger partial charge in [0.2, 0.25) is 0 Å². The van der Waals surface area contributed by atoms with E-state index in [-0.39, 0.29) is 6.10 Å². The van der Waals surface area contributed by atoms with E-state index in [0.29, 0.717) is 16.3 Å². The SMILES string of the molecule is CCC(C)Oc1ccc(C(=S)NNC)cc1C#N. The van der Waals surface area contributed by atoms with Gasteiger partial charge in [0.15, 0.2) is 0 Å². The van der Waals surface area contributed by atoms with Crippen LogP contribution in [0.4, 0.5) is 0 Å². The molecule has 0 spiro atoms. The van der Waals surface area contributed by atoms with E-state index in [9.17, 15) is 0 Å². The van der Waals surface area contributed by atoms with E-state index in [0.717, 1.165) is 12.0 Å². The highest BCUT2D eigenvalue weighted by Crippen LogP contribution is 2.21. The van der Waals surface area contributed by atoms with Crippen molar-refractivity contribution in [1.82, 2.24) is 10.9 Å². The molecule has 1 aromatic rings. The summed E-state index contributed by atoms with van der Waals surface area (Å²) < 4.78 is 5.68. The molecule has 0 heterocycles. The van der Waals surface area contributed by atoms with Gasteiger partial charge in [0.25, 0.3) is 0 Å². The molecule has 0 radical (unpaired) electrons. The summed E-state index contributed by atoms with van der Waals surface area (Å²) in [5.74, 6) is 0.600. The van der Waals surface area contributed by atoms with Crippen LogP contribution in [0.15, 0.2) is 18.2 Å². The Labute approximate surface area is 113 Å². The Bertz CT molecular complexity index is 468. The third-order valence-corrected chi connectivity index (χ3v) is 2.84. The average molecular weight is 263 g/mol. The number of nitriles is 1. The smallest absolute Gasteiger partial charge is 0.137 e. The van der Waals surface area contributed by atoms with Crippen molar-refractivity contribution < 1.29 is 4.74 Å². The lowest BCUT2D eigenvalue weighted by Gasteiger charge is -2.14. The van der Waals surface area contributed by atoms with Crippen LogP contribution in [0.5, 0.6) is 5.75 Å². The van der Waals surface area contributed by atoms with Crippen molar-refractivity contribution in [2.24, 2.45) is 0 Å². The lowest BCUT2D eigenvalue weighted by atomic mass is 10.1. The fourth-order valence-corrected chi connectivity index (χ4v) is 1.58. The van der Waals surface area contributed by atoms with Crippen LogP contribution in [-0.2, 0) is 0 Å². The maximum Gasteiger partial charge on any atom is 0.137 e. The number of hydrogen-bond donors (Lipinski definition) is 2. The minimum Gasteiger partial charge on any atom is -0.489 e. The molecule has 1 aromatic carbocycles. The van der Waals surface area contributed by atoms with Crippen LogP contribution in [0, 0.1) is 11.3 Å². The van der Waals surface area contributed by atoms with Gasteiger partial charge in [-0.1, -0.05) is 19.1 Å². The summed E-state index contributed by atoms with van der Waals surface area (Å²) in [6.45, 7) is 4.01. The average Bonchev–Trinajstić information content (AvgIpc) is 2.39. The molecule has 0 aliphatic rings. The molecule has 0 bridgehead atoms. The van der Waals surface area contributed by atoms with Gasteiger partial charge in [-0.05, 0) is 31.5 Å². The Morgan fingerprint density at radius 1 is 1.56 bits per heavy atom. The van der Waals surface area contributed by atoms with Gasteiger partial charge in [-0.3, -0.25) is 0 Å². The number of nitrogens with zero attached hydrogens (tertiary/aromatic N) is 1. The third kappa shape index (κ3) is 3.69. The molecule has 2 N–H and O–H groups in total. The van der Waals surface area contributed by atoms with E-state index in [2.05, 4.69) is 16.9 Å². The minimum atomic E-state index is 0.0883. The first-order valence-electron chi connectivity index (χ1n) is 5.80. The highest BCUT2D eigenvalue weighted by molar-refractivity contribution is 7.80. The van der Waals surface area contributed by atoms with Gasteiger partial charge in [-0.25, -0.2) is 5.43 Å². The van der Waals surface area contributed by atoms with Crippen LogP contribution >= 0.6 is 12.2 Å². The van der Waals surface area contributed by atoms with E-state index in [1.165, 1.54) is 0 Å². The zero-order chi connectivity index (χ0) is 13.5. The topological polar surface area (TPSA) is 57.1 Å². The summed E-state index contributed by atoms with van der Waals surface area (Å²) in [4.78, 5) is 0.545. The van der Waals surface area contributed by atoms with Gasteiger partial charge in [-0.2, -0.15) is 5.26 Å². The molecule has 0 aliphatic heterocycles.